The van der Waals surface area contributed by atoms with Gasteiger partial charge in [0.25, 0.3) is 0 Å². The molecule has 0 aromatic heterocycles. The lowest BCUT2D eigenvalue weighted by Gasteiger charge is -2.34. The molecule has 1 aliphatic heterocycles. The van der Waals surface area contributed by atoms with E-state index in [1.54, 1.807) is 0 Å². The van der Waals surface area contributed by atoms with Crippen LogP contribution in [0.5, 0.6) is 0 Å². The van der Waals surface area contributed by atoms with Crippen molar-refractivity contribution in [2.75, 3.05) is 32.8 Å². The van der Waals surface area contributed by atoms with E-state index in [0.717, 1.165) is 25.4 Å². The smallest absolute Gasteiger partial charge is 0.0597 e. The zero-order valence-corrected chi connectivity index (χ0v) is 13.3. The van der Waals surface area contributed by atoms with Gasteiger partial charge in [-0.25, -0.2) is 0 Å². The second-order valence-electron chi connectivity index (χ2n) is 6.27. The number of piperidine rings is 1. The van der Waals surface area contributed by atoms with Gasteiger partial charge >= 0.3 is 0 Å². The summed E-state index contributed by atoms with van der Waals surface area (Å²) in [6.45, 7) is 6.72. The van der Waals surface area contributed by atoms with Crippen molar-refractivity contribution in [3.63, 3.8) is 0 Å². The van der Waals surface area contributed by atoms with E-state index in [4.69, 9.17) is 0 Å². The fourth-order valence-electron chi connectivity index (χ4n) is 3.17. The highest BCUT2D eigenvalue weighted by molar-refractivity contribution is 5.15. The number of benzene rings is 1. The topological polar surface area (TPSA) is 35.5 Å². The fraction of sp³-hybridized carbons (Fsp3) is 0.667. The Labute approximate surface area is 129 Å². The quantitative estimate of drug-likeness (QED) is 0.771. The van der Waals surface area contributed by atoms with Crippen LogP contribution < -0.4 is 5.32 Å². The van der Waals surface area contributed by atoms with Gasteiger partial charge in [0.2, 0.25) is 0 Å². The van der Waals surface area contributed by atoms with Gasteiger partial charge in [-0.1, -0.05) is 37.3 Å². The molecule has 1 saturated heterocycles. The lowest BCUT2D eigenvalue weighted by molar-refractivity contribution is 0.142. The average Bonchev–Trinajstić information content (AvgIpc) is 2.54. The summed E-state index contributed by atoms with van der Waals surface area (Å²) < 4.78 is 0. The lowest BCUT2D eigenvalue weighted by atomic mass is 9.90. The first kappa shape index (κ1) is 16.5. The summed E-state index contributed by atoms with van der Waals surface area (Å²) >= 11 is 0. The zero-order chi connectivity index (χ0) is 14.9. The molecule has 118 valence electrons. The Balaban J connectivity index is 1.70. The van der Waals surface area contributed by atoms with Gasteiger partial charge < -0.3 is 15.3 Å². The molecule has 1 unspecified atom stereocenters. The third kappa shape index (κ3) is 5.77. The third-order valence-electron chi connectivity index (χ3n) is 4.46. The van der Waals surface area contributed by atoms with Gasteiger partial charge in [0, 0.05) is 12.6 Å². The summed E-state index contributed by atoms with van der Waals surface area (Å²) in [4.78, 5) is 2.50. The second kappa shape index (κ2) is 9.19. The van der Waals surface area contributed by atoms with Crippen LogP contribution in [0.15, 0.2) is 30.3 Å². The SMILES string of the molecule is CCCNC(CO)CN1CCC(Cc2ccccc2)CC1. The van der Waals surface area contributed by atoms with Crippen LogP contribution in [0.4, 0.5) is 0 Å². The summed E-state index contributed by atoms with van der Waals surface area (Å²) in [5.41, 5.74) is 1.47. The van der Waals surface area contributed by atoms with Crippen LogP contribution in [0.25, 0.3) is 0 Å². The molecule has 1 heterocycles. The molecule has 0 saturated carbocycles. The number of aliphatic hydroxyl groups is 1. The average molecular weight is 290 g/mol. The molecular formula is C18H30N2O. The lowest BCUT2D eigenvalue weighted by Crippen LogP contribution is -2.46. The molecule has 0 aliphatic carbocycles. The van der Waals surface area contributed by atoms with Crippen molar-refractivity contribution in [2.24, 2.45) is 5.92 Å². The maximum atomic E-state index is 9.44. The minimum absolute atomic E-state index is 0.232. The first-order valence-corrected chi connectivity index (χ1v) is 8.42. The number of hydrogen-bond acceptors (Lipinski definition) is 3. The number of aliphatic hydroxyl groups excluding tert-OH is 1. The minimum atomic E-state index is 0.232. The fourth-order valence-corrected chi connectivity index (χ4v) is 3.17. The summed E-state index contributed by atoms with van der Waals surface area (Å²) in [7, 11) is 0. The monoisotopic (exact) mass is 290 g/mol. The molecule has 1 aromatic carbocycles. The molecule has 2 N–H and O–H groups in total. The normalized spacial score (nSPS) is 18.8. The Morgan fingerprint density at radius 2 is 1.95 bits per heavy atom. The molecule has 2 rings (SSSR count). The van der Waals surface area contributed by atoms with Crippen LogP contribution >= 0.6 is 0 Å². The van der Waals surface area contributed by atoms with E-state index >= 15 is 0 Å². The highest BCUT2D eigenvalue weighted by atomic mass is 16.3. The van der Waals surface area contributed by atoms with Crippen molar-refractivity contribution in [3.8, 4) is 0 Å². The summed E-state index contributed by atoms with van der Waals surface area (Å²) in [6, 6.07) is 11.1. The molecule has 0 amide bonds. The Hall–Kier alpha value is -0.900. The van der Waals surface area contributed by atoms with Gasteiger partial charge in [-0.15, -0.1) is 0 Å². The highest BCUT2D eigenvalue weighted by Crippen LogP contribution is 2.21. The van der Waals surface area contributed by atoms with Crippen molar-refractivity contribution >= 4 is 0 Å². The van der Waals surface area contributed by atoms with Crippen LogP contribution in [0, 0.1) is 5.92 Å². The third-order valence-corrected chi connectivity index (χ3v) is 4.46. The van der Waals surface area contributed by atoms with E-state index in [1.807, 2.05) is 0 Å². The van der Waals surface area contributed by atoms with Crippen molar-refractivity contribution in [2.45, 2.75) is 38.6 Å². The molecule has 0 spiro atoms. The van der Waals surface area contributed by atoms with Gasteiger partial charge in [-0.2, -0.15) is 0 Å². The minimum Gasteiger partial charge on any atom is -0.395 e. The van der Waals surface area contributed by atoms with Crippen LogP contribution in [0.2, 0.25) is 0 Å². The molecule has 1 fully saturated rings. The Kier molecular flexibility index (Phi) is 7.20. The molecule has 0 radical (unpaired) electrons. The largest absolute Gasteiger partial charge is 0.395 e. The maximum absolute atomic E-state index is 9.44. The molecule has 3 heteroatoms. The van der Waals surface area contributed by atoms with Crippen molar-refractivity contribution < 1.29 is 5.11 Å². The van der Waals surface area contributed by atoms with Gasteiger partial charge in [0.15, 0.2) is 0 Å². The predicted octanol–water partition coefficient (Wildman–Crippen LogP) is 2.30. The first-order chi connectivity index (χ1) is 10.3. The van der Waals surface area contributed by atoms with Gasteiger partial charge in [-0.05, 0) is 56.8 Å². The van der Waals surface area contributed by atoms with E-state index in [1.165, 1.54) is 37.9 Å². The maximum Gasteiger partial charge on any atom is 0.0597 e. The van der Waals surface area contributed by atoms with Gasteiger partial charge in [0.1, 0.15) is 0 Å². The molecule has 1 aromatic rings. The number of hydrogen-bond donors (Lipinski definition) is 2. The summed E-state index contributed by atoms with van der Waals surface area (Å²) in [5.74, 6) is 0.819. The van der Waals surface area contributed by atoms with Crippen molar-refractivity contribution in [3.05, 3.63) is 35.9 Å². The van der Waals surface area contributed by atoms with Crippen LogP contribution in [0.3, 0.4) is 0 Å². The predicted molar refractivity (Wildman–Crippen MR) is 88.5 cm³/mol. The first-order valence-electron chi connectivity index (χ1n) is 8.42. The Morgan fingerprint density at radius 1 is 1.24 bits per heavy atom. The molecular weight excluding hydrogens is 260 g/mol. The second-order valence-corrected chi connectivity index (χ2v) is 6.27. The highest BCUT2D eigenvalue weighted by Gasteiger charge is 2.21. The standard InChI is InChI=1S/C18H30N2O/c1-2-10-19-18(15-21)14-20-11-8-17(9-12-20)13-16-6-4-3-5-7-16/h3-7,17-19,21H,2,8-15H2,1H3. The van der Waals surface area contributed by atoms with Crippen LogP contribution in [-0.4, -0.2) is 48.8 Å². The van der Waals surface area contributed by atoms with Crippen LogP contribution in [0.1, 0.15) is 31.7 Å². The molecule has 1 atom stereocenters. The Bertz CT molecular complexity index is 374. The zero-order valence-electron chi connectivity index (χ0n) is 13.3. The number of nitrogens with one attached hydrogen (secondary N) is 1. The summed E-state index contributed by atoms with van der Waals surface area (Å²) in [5, 5.41) is 12.9. The molecule has 3 nitrogen and oxygen atoms in total. The van der Waals surface area contributed by atoms with Crippen molar-refractivity contribution in [1.82, 2.24) is 10.2 Å². The van der Waals surface area contributed by atoms with E-state index in [0.29, 0.717) is 0 Å². The Morgan fingerprint density at radius 3 is 2.57 bits per heavy atom. The summed E-state index contributed by atoms with van der Waals surface area (Å²) in [6.07, 6.45) is 4.89. The molecule has 1 aliphatic rings. The number of rotatable bonds is 8. The molecule has 0 bridgehead atoms. The molecule has 21 heavy (non-hydrogen) atoms. The van der Waals surface area contributed by atoms with E-state index < -0.39 is 0 Å². The van der Waals surface area contributed by atoms with Crippen LogP contribution in [-0.2, 0) is 6.42 Å². The van der Waals surface area contributed by atoms with E-state index in [2.05, 4.69) is 47.5 Å². The van der Waals surface area contributed by atoms with Crippen molar-refractivity contribution in [1.29, 1.82) is 0 Å². The van der Waals surface area contributed by atoms with E-state index in [-0.39, 0.29) is 12.6 Å². The number of likely N-dealkylation sites (tertiary alicyclic amines) is 1. The number of nitrogens with zero attached hydrogens (tertiary/aromatic N) is 1. The van der Waals surface area contributed by atoms with Gasteiger partial charge in [0.05, 0.1) is 6.61 Å². The van der Waals surface area contributed by atoms with E-state index in [9.17, 15) is 5.11 Å². The van der Waals surface area contributed by atoms with Gasteiger partial charge in [-0.3, -0.25) is 0 Å².